The van der Waals surface area contributed by atoms with Crippen LogP contribution in [0.2, 0.25) is 0 Å². The maximum absolute atomic E-state index is 9.59. The first-order valence-corrected chi connectivity index (χ1v) is 6.74. The van der Waals surface area contributed by atoms with Crippen molar-refractivity contribution in [1.82, 2.24) is 10.3 Å². The molecule has 0 unspecified atom stereocenters. The zero-order chi connectivity index (χ0) is 12.4. The van der Waals surface area contributed by atoms with Gasteiger partial charge in [-0.05, 0) is 24.5 Å². The first-order valence-electron chi connectivity index (χ1n) is 6.74. The molecule has 18 heavy (non-hydrogen) atoms. The Balaban J connectivity index is 1.76. The van der Waals surface area contributed by atoms with E-state index < -0.39 is 0 Å². The predicted molar refractivity (Wildman–Crippen MR) is 73.4 cm³/mol. The number of benzene rings is 1. The highest BCUT2D eigenvalue weighted by molar-refractivity contribution is 5.82. The summed E-state index contributed by atoms with van der Waals surface area (Å²) in [5.74, 6) is 0. The minimum atomic E-state index is -0.0433. The fourth-order valence-electron chi connectivity index (χ4n) is 3.00. The molecule has 96 valence electrons. The second kappa shape index (κ2) is 4.75. The maximum Gasteiger partial charge on any atom is 0.0613 e. The molecule has 0 saturated heterocycles. The van der Waals surface area contributed by atoms with E-state index in [9.17, 15) is 5.11 Å². The van der Waals surface area contributed by atoms with E-state index in [2.05, 4.69) is 34.7 Å². The van der Waals surface area contributed by atoms with Gasteiger partial charge in [-0.25, -0.2) is 0 Å². The molecule has 3 nitrogen and oxygen atoms in total. The summed E-state index contributed by atoms with van der Waals surface area (Å²) in [5.41, 5.74) is 2.42. The lowest BCUT2D eigenvalue weighted by molar-refractivity contribution is 0.163. The second-order valence-corrected chi connectivity index (χ2v) is 5.36. The third-order valence-electron chi connectivity index (χ3n) is 4.19. The van der Waals surface area contributed by atoms with Crippen molar-refractivity contribution in [1.29, 1.82) is 0 Å². The van der Waals surface area contributed by atoms with Crippen molar-refractivity contribution < 1.29 is 5.11 Å². The zero-order valence-corrected chi connectivity index (χ0v) is 10.6. The van der Waals surface area contributed by atoms with Crippen LogP contribution in [-0.2, 0) is 6.54 Å². The van der Waals surface area contributed by atoms with E-state index in [1.807, 2.05) is 6.07 Å². The topological polar surface area (TPSA) is 48.0 Å². The van der Waals surface area contributed by atoms with Crippen LogP contribution in [0.15, 0.2) is 30.5 Å². The average Bonchev–Trinajstić information content (AvgIpc) is 3.04. The van der Waals surface area contributed by atoms with E-state index in [0.29, 0.717) is 0 Å². The number of para-hydroxylation sites is 1. The molecule has 1 aliphatic carbocycles. The molecule has 1 aromatic carbocycles. The number of aliphatic hydroxyl groups is 1. The van der Waals surface area contributed by atoms with Gasteiger partial charge in [-0.1, -0.05) is 31.0 Å². The molecule has 0 aliphatic heterocycles. The van der Waals surface area contributed by atoms with Crippen LogP contribution in [0.1, 0.15) is 31.2 Å². The lowest BCUT2D eigenvalue weighted by Gasteiger charge is -2.28. The SMILES string of the molecule is OCC1(NCc2c[nH]c3ccccc23)CCCC1. The first kappa shape index (κ1) is 11.8. The molecule has 1 aliphatic rings. The number of nitrogens with one attached hydrogen (secondary N) is 2. The van der Waals surface area contributed by atoms with Gasteiger partial charge in [0.25, 0.3) is 0 Å². The molecule has 3 rings (SSSR count). The van der Waals surface area contributed by atoms with Crippen molar-refractivity contribution in [3.8, 4) is 0 Å². The maximum atomic E-state index is 9.59. The summed E-state index contributed by atoms with van der Waals surface area (Å²) in [6, 6.07) is 8.35. The Morgan fingerprint density at radius 3 is 2.78 bits per heavy atom. The molecule has 1 fully saturated rings. The van der Waals surface area contributed by atoms with Crippen molar-refractivity contribution >= 4 is 10.9 Å². The Hall–Kier alpha value is -1.32. The van der Waals surface area contributed by atoms with Crippen molar-refractivity contribution in [2.24, 2.45) is 0 Å². The third kappa shape index (κ3) is 2.04. The van der Waals surface area contributed by atoms with Gasteiger partial charge < -0.3 is 15.4 Å². The molecule has 3 heteroatoms. The van der Waals surface area contributed by atoms with E-state index in [-0.39, 0.29) is 12.1 Å². The Morgan fingerprint density at radius 1 is 1.22 bits per heavy atom. The van der Waals surface area contributed by atoms with Crippen molar-refractivity contribution in [2.45, 2.75) is 37.8 Å². The van der Waals surface area contributed by atoms with E-state index in [4.69, 9.17) is 0 Å². The summed E-state index contributed by atoms with van der Waals surface area (Å²) < 4.78 is 0. The van der Waals surface area contributed by atoms with Gasteiger partial charge in [-0.3, -0.25) is 0 Å². The van der Waals surface area contributed by atoms with Crippen LogP contribution in [0.3, 0.4) is 0 Å². The number of aliphatic hydroxyl groups excluding tert-OH is 1. The summed E-state index contributed by atoms with van der Waals surface area (Å²) in [6.07, 6.45) is 6.69. The van der Waals surface area contributed by atoms with Crippen LogP contribution >= 0.6 is 0 Å². The molecule has 1 heterocycles. The number of aromatic nitrogens is 1. The largest absolute Gasteiger partial charge is 0.394 e. The van der Waals surface area contributed by atoms with Crippen molar-refractivity contribution in [3.63, 3.8) is 0 Å². The lowest BCUT2D eigenvalue weighted by Crippen LogP contribution is -2.45. The summed E-state index contributed by atoms with van der Waals surface area (Å²) >= 11 is 0. The quantitative estimate of drug-likeness (QED) is 0.774. The molecule has 0 atom stereocenters. The fraction of sp³-hybridized carbons (Fsp3) is 0.467. The number of hydrogen-bond donors (Lipinski definition) is 3. The van der Waals surface area contributed by atoms with Crippen LogP contribution in [0.25, 0.3) is 10.9 Å². The van der Waals surface area contributed by atoms with Gasteiger partial charge in [-0.2, -0.15) is 0 Å². The fourth-order valence-corrected chi connectivity index (χ4v) is 3.00. The molecule has 0 radical (unpaired) electrons. The second-order valence-electron chi connectivity index (χ2n) is 5.36. The number of aromatic amines is 1. The number of fused-ring (bicyclic) bond motifs is 1. The van der Waals surface area contributed by atoms with Crippen LogP contribution in [0.5, 0.6) is 0 Å². The van der Waals surface area contributed by atoms with E-state index in [1.54, 1.807) is 0 Å². The van der Waals surface area contributed by atoms with Gasteiger partial charge in [0, 0.05) is 29.2 Å². The van der Waals surface area contributed by atoms with Crippen LogP contribution in [0, 0.1) is 0 Å². The highest BCUT2D eigenvalue weighted by atomic mass is 16.3. The first-order chi connectivity index (χ1) is 8.83. The number of H-pyrrole nitrogens is 1. The highest BCUT2D eigenvalue weighted by Gasteiger charge is 2.32. The third-order valence-corrected chi connectivity index (χ3v) is 4.19. The van der Waals surface area contributed by atoms with Gasteiger partial charge in [0.15, 0.2) is 0 Å². The molecular formula is C15H20N2O. The van der Waals surface area contributed by atoms with Crippen LogP contribution < -0.4 is 5.32 Å². The average molecular weight is 244 g/mol. The minimum absolute atomic E-state index is 0.0433. The number of rotatable bonds is 4. The van der Waals surface area contributed by atoms with E-state index in [1.165, 1.54) is 29.3 Å². The molecule has 2 aromatic rings. The molecular weight excluding hydrogens is 224 g/mol. The van der Waals surface area contributed by atoms with Gasteiger partial charge in [0.05, 0.1) is 6.61 Å². The standard InChI is InChI=1S/C15H20N2O/c18-11-15(7-3-4-8-15)17-10-12-9-16-14-6-2-1-5-13(12)14/h1-2,5-6,9,16-18H,3-4,7-8,10-11H2. The summed E-state index contributed by atoms with van der Waals surface area (Å²) in [6.45, 7) is 1.07. The molecule has 0 amide bonds. The van der Waals surface area contributed by atoms with Crippen LogP contribution in [-0.4, -0.2) is 22.2 Å². The van der Waals surface area contributed by atoms with Gasteiger partial charge in [0.2, 0.25) is 0 Å². The van der Waals surface area contributed by atoms with Crippen molar-refractivity contribution in [3.05, 3.63) is 36.0 Å². The molecule has 1 aromatic heterocycles. The summed E-state index contributed by atoms with van der Waals surface area (Å²) in [4.78, 5) is 3.29. The molecule has 0 spiro atoms. The molecule has 1 saturated carbocycles. The number of hydrogen-bond acceptors (Lipinski definition) is 2. The summed E-state index contributed by atoms with van der Waals surface area (Å²) in [7, 11) is 0. The Labute approximate surface area is 107 Å². The predicted octanol–water partition coefficient (Wildman–Crippen LogP) is 2.56. The van der Waals surface area contributed by atoms with Gasteiger partial charge >= 0.3 is 0 Å². The molecule has 0 bridgehead atoms. The van der Waals surface area contributed by atoms with E-state index in [0.717, 1.165) is 19.4 Å². The summed E-state index contributed by atoms with van der Waals surface area (Å²) in [5, 5.41) is 14.4. The Morgan fingerprint density at radius 2 is 2.00 bits per heavy atom. The minimum Gasteiger partial charge on any atom is -0.394 e. The van der Waals surface area contributed by atoms with Gasteiger partial charge in [0.1, 0.15) is 0 Å². The normalized spacial score (nSPS) is 18.5. The van der Waals surface area contributed by atoms with Gasteiger partial charge in [-0.15, -0.1) is 0 Å². The Bertz CT molecular complexity index is 526. The monoisotopic (exact) mass is 244 g/mol. The Kier molecular flexibility index (Phi) is 3.10. The van der Waals surface area contributed by atoms with Crippen LogP contribution in [0.4, 0.5) is 0 Å². The van der Waals surface area contributed by atoms with Crippen molar-refractivity contribution in [2.75, 3.05) is 6.61 Å². The molecule has 3 N–H and O–H groups in total. The smallest absolute Gasteiger partial charge is 0.0613 e. The van der Waals surface area contributed by atoms with E-state index >= 15 is 0 Å². The zero-order valence-electron chi connectivity index (χ0n) is 10.6. The lowest BCUT2D eigenvalue weighted by atomic mass is 9.98. The highest BCUT2D eigenvalue weighted by Crippen LogP contribution is 2.30.